The first-order valence-corrected chi connectivity index (χ1v) is 4.73. The van der Waals surface area contributed by atoms with E-state index in [1.54, 1.807) is 12.1 Å². The third-order valence-electron chi connectivity index (χ3n) is 1.29. The molecule has 1 rings (SSSR count). The lowest BCUT2D eigenvalue weighted by atomic mass is 10.2. The molecule has 0 saturated heterocycles. The molecular weight excluding hydrogens is 266 g/mol. The maximum atomic E-state index is 12.9. The van der Waals surface area contributed by atoms with Gasteiger partial charge in [0.05, 0.1) is 10.0 Å². The van der Waals surface area contributed by atoms with Gasteiger partial charge in [-0.3, -0.25) is 0 Å². The molecule has 1 aromatic rings. The Hall–Kier alpha value is -0.0500. The lowest BCUT2D eigenvalue weighted by Crippen LogP contribution is -1.77. The van der Waals surface area contributed by atoms with Crippen molar-refractivity contribution in [2.24, 2.45) is 0 Å². The number of halogens is 4. The van der Waals surface area contributed by atoms with E-state index in [0.717, 1.165) is 0 Å². The summed E-state index contributed by atoms with van der Waals surface area (Å²) in [5.41, 5.74) is 0.404. The van der Waals surface area contributed by atoms with Crippen LogP contribution in [0.25, 0.3) is 5.83 Å². The summed E-state index contributed by atoms with van der Waals surface area (Å²) < 4.78 is 12.9. The smallest absolute Gasteiger partial charge is 0.137 e. The standard InChI is InChI=1S/C8H4BrCl2F/c9-4-8(12)5-1-2-6(10)7(11)3-5/h1-4H/b8-4-. The minimum atomic E-state index is -0.381. The summed E-state index contributed by atoms with van der Waals surface area (Å²) in [6.07, 6.45) is 0. The van der Waals surface area contributed by atoms with E-state index in [1.807, 2.05) is 0 Å². The Labute approximate surface area is 88.1 Å². The van der Waals surface area contributed by atoms with Crippen LogP contribution in [0.1, 0.15) is 5.56 Å². The number of rotatable bonds is 1. The average molecular weight is 270 g/mol. The largest absolute Gasteiger partial charge is 0.206 e. The first-order chi connectivity index (χ1) is 5.65. The van der Waals surface area contributed by atoms with E-state index in [-0.39, 0.29) is 5.83 Å². The molecule has 0 heterocycles. The molecule has 0 aromatic heterocycles. The van der Waals surface area contributed by atoms with Gasteiger partial charge >= 0.3 is 0 Å². The predicted molar refractivity (Wildman–Crippen MR) is 54.5 cm³/mol. The van der Waals surface area contributed by atoms with E-state index in [9.17, 15) is 4.39 Å². The molecule has 0 nitrogen and oxygen atoms in total. The minimum absolute atomic E-state index is 0.346. The molecule has 0 spiro atoms. The van der Waals surface area contributed by atoms with Gasteiger partial charge in [0, 0.05) is 10.5 Å². The highest BCUT2D eigenvalue weighted by atomic mass is 79.9. The maximum Gasteiger partial charge on any atom is 0.137 e. The molecule has 0 bridgehead atoms. The van der Waals surface area contributed by atoms with E-state index in [1.165, 1.54) is 11.1 Å². The Bertz CT molecular complexity index is 323. The Morgan fingerprint density at radius 1 is 1.33 bits per heavy atom. The second-order valence-electron chi connectivity index (χ2n) is 2.09. The number of hydrogen-bond donors (Lipinski definition) is 0. The molecule has 0 unspecified atom stereocenters. The molecule has 0 N–H and O–H groups in total. The van der Waals surface area contributed by atoms with Gasteiger partial charge in [0.2, 0.25) is 0 Å². The summed E-state index contributed by atoms with van der Waals surface area (Å²) >= 11 is 14.2. The summed E-state index contributed by atoms with van der Waals surface area (Å²) in [6.45, 7) is 0. The van der Waals surface area contributed by atoms with Crippen LogP contribution in [0.4, 0.5) is 4.39 Å². The third-order valence-corrected chi connectivity index (χ3v) is 2.43. The summed E-state index contributed by atoms with van der Waals surface area (Å²) in [4.78, 5) is 1.19. The number of benzene rings is 1. The van der Waals surface area contributed by atoms with Crippen molar-refractivity contribution in [3.8, 4) is 0 Å². The van der Waals surface area contributed by atoms with Gasteiger partial charge in [0.15, 0.2) is 0 Å². The van der Waals surface area contributed by atoms with Gasteiger partial charge in [-0.15, -0.1) is 0 Å². The van der Waals surface area contributed by atoms with E-state index in [2.05, 4.69) is 15.9 Å². The second-order valence-corrected chi connectivity index (χ2v) is 3.36. The summed E-state index contributed by atoms with van der Waals surface area (Å²) in [6, 6.07) is 4.58. The van der Waals surface area contributed by atoms with Crippen LogP contribution in [0, 0.1) is 0 Å². The molecule has 0 fully saturated rings. The molecule has 1 aromatic carbocycles. The van der Waals surface area contributed by atoms with Crippen molar-refractivity contribution < 1.29 is 4.39 Å². The highest BCUT2D eigenvalue weighted by molar-refractivity contribution is 9.11. The quantitative estimate of drug-likeness (QED) is 0.696. The van der Waals surface area contributed by atoms with E-state index < -0.39 is 0 Å². The fourth-order valence-corrected chi connectivity index (χ4v) is 1.27. The van der Waals surface area contributed by atoms with Crippen LogP contribution < -0.4 is 0 Å². The fourth-order valence-electron chi connectivity index (χ4n) is 0.708. The Balaban J connectivity index is 3.13. The highest BCUT2D eigenvalue weighted by Gasteiger charge is 2.02. The molecule has 64 valence electrons. The third kappa shape index (κ3) is 2.22. The molecule has 0 atom stereocenters. The monoisotopic (exact) mass is 268 g/mol. The normalized spacial score (nSPS) is 11.8. The van der Waals surface area contributed by atoms with Crippen molar-refractivity contribution in [3.05, 3.63) is 38.8 Å². The Morgan fingerprint density at radius 3 is 2.50 bits per heavy atom. The van der Waals surface area contributed by atoms with Crippen molar-refractivity contribution in [2.45, 2.75) is 0 Å². The van der Waals surface area contributed by atoms with Crippen molar-refractivity contribution in [1.82, 2.24) is 0 Å². The zero-order valence-electron chi connectivity index (χ0n) is 5.82. The van der Waals surface area contributed by atoms with Gasteiger partial charge < -0.3 is 0 Å². The Kier molecular flexibility index (Phi) is 3.56. The molecular formula is C8H4BrCl2F. The molecule has 12 heavy (non-hydrogen) atoms. The summed E-state index contributed by atoms with van der Waals surface area (Å²) in [7, 11) is 0. The molecule has 0 radical (unpaired) electrons. The highest BCUT2D eigenvalue weighted by Crippen LogP contribution is 2.26. The van der Waals surface area contributed by atoms with Gasteiger partial charge in [0.25, 0.3) is 0 Å². The average Bonchev–Trinajstić information content (AvgIpc) is 2.08. The SMILES string of the molecule is F/C(=C\Br)c1ccc(Cl)c(Cl)c1. The topological polar surface area (TPSA) is 0 Å². The van der Waals surface area contributed by atoms with Crippen molar-refractivity contribution in [1.29, 1.82) is 0 Å². The van der Waals surface area contributed by atoms with Gasteiger partial charge in [-0.1, -0.05) is 45.2 Å². The molecule has 0 aliphatic heterocycles. The zero-order valence-corrected chi connectivity index (χ0v) is 8.92. The first kappa shape index (κ1) is 10.0. The van der Waals surface area contributed by atoms with E-state index >= 15 is 0 Å². The Morgan fingerprint density at radius 2 is 2.00 bits per heavy atom. The van der Waals surface area contributed by atoms with Crippen LogP contribution in [0.5, 0.6) is 0 Å². The van der Waals surface area contributed by atoms with Crippen molar-refractivity contribution in [3.63, 3.8) is 0 Å². The van der Waals surface area contributed by atoms with Gasteiger partial charge in [-0.25, -0.2) is 4.39 Å². The number of hydrogen-bond acceptors (Lipinski definition) is 0. The van der Waals surface area contributed by atoms with Crippen LogP contribution >= 0.6 is 39.1 Å². The van der Waals surface area contributed by atoms with Crippen molar-refractivity contribution in [2.75, 3.05) is 0 Å². The van der Waals surface area contributed by atoms with Crippen LogP contribution in [0.15, 0.2) is 23.2 Å². The molecule has 0 aliphatic carbocycles. The van der Waals surface area contributed by atoms with Crippen LogP contribution in [0.3, 0.4) is 0 Å². The van der Waals surface area contributed by atoms with Gasteiger partial charge in [-0.05, 0) is 12.1 Å². The van der Waals surface area contributed by atoms with Gasteiger partial charge in [-0.2, -0.15) is 0 Å². The van der Waals surface area contributed by atoms with E-state index in [0.29, 0.717) is 15.6 Å². The van der Waals surface area contributed by atoms with Crippen LogP contribution in [-0.2, 0) is 0 Å². The predicted octanol–water partition coefficient (Wildman–Crippen LogP) is 4.66. The second kappa shape index (κ2) is 4.26. The van der Waals surface area contributed by atoms with Crippen molar-refractivity contribution >= 4 is 45.0 Å². The van der Waals surface area contributed by atoms with Crippen LogP contribution in [-0.4, -0.2) is 0 Å². The molecule has 4 heteroatoms. The zero-order chi connectivity index (χ0) is 9.14. The minimum Gasteiger partial charge on any atom is -0.206 e. The first-order valence-electron chi connectivity index (χ1n) is 3.06. The molecule has 0 saturated carbocycles. The fraction of sp³-hybridized carbons (Fsp3) is 0. The van der Waals surface area contributed by atoms with Gasteiger partial charge in [0.1, 0.15) is 5.83 Å². The van der Waals surface area contributed by atoms with E-state index in [4.69, 9.17) is 23.2 Å². The lowest BCUT2D eigenvalue weighted by Gasteiger charge is -1.98. The molecule has 0 aliphatic rings. The van der Waals surface area contributed by atoms with Crippen LogP contribution in [0.2, 0.25) is 10.0 Å². The summed E-state index contributed by atoms with van der Waals surface area (Å²) in [5, 5.41) is 0.765. The lowest BCUT2D eigenvalue weighted by molar-refractivity contribution is 0.762. The molecule has 0 amide bonds. The maximum absolute atomic E-state index is 12.9. The summed E-state index contributed by atoms with van der Waals surface area (Å²) in [5.74, 6) is -0.381.